The van der Waals surface area contributed by atoms with Crippen molar-refractivity contribution < 1.29 is 9.53 Å². The molecule has 0 N–H and O–H groups in total. The summed E-state index contributed by atoms with van der Waals surface area (Å²) in [6, 6.07) is 12.7. The predicted molar refractivity (Wildman–Crippen MR) is 145 cm³/mol. The summed E-state index contributed by atoms with van der Waals surface area (Å²) in [7, 11) is 1.62. The first-order valence-electron chi connectivity index (χ1n) is 12.1. The summed E-state index contributed by atoms with van der Waals surface area (Å²) in [6.45, 7) is 6.42. The van der Waals surface area contributed by atoms with E-state index in [0.29, 0.717) is 40.1 Å². The van der Waals surface area contributed by atoms with Crippen molar-refractivity contribution in [3.63, 3.8) is 0 Å². The van der Waals surface area contributed by atoms with Gasteiger partial charge in [-0.15, -0.1) is 0 Å². The van der Waals surface area contributed by atoms with Crippen LogP contribution in [0.25, 0.3) is 22.5 Å². The van der Waals surface area contributed by atoms with Gasteiger partial charge >= 0.3 is 0 Å². The molecule has 0 radical (unpaired) electrons. The highest BCUT2D eigenvalue weighted by atomic mass is 35.5. The molecular weight excluding hydrogens is 511 g/mol. The molecule has 7 nitrogen and oxygen atoms in total. The van der Waals surface area contributed by atoms with Crippen LogP contribution in [0.5, 0.6) is 5.75 Å². The topological polar surface area (TPSA) is 69.4 Å². The number of aromatic nitrogens is 3. The molecule has 4 aromatic rings. The van der Waals surface area contributed by atoms with Gasteiger partial charge in [-0.05, 0) is 56.2 Å². The van der Waals surface area contributed by atoms with Gasteiger partial charge in [0.15, 0.2) is 5.69 Å². The molecule has 0 aliphatic carbocycles. The summed E-state index contributed by atoms with van der Waals surface area (Å²) >= 11 is 13.1. The Morgan fingerprint density at radius 1 is 1.08 bits per heavy atom. The number of hydrogen-bond donors (Lipinski definition) is 0. The van der Waals surface area contributed by atoms with Gasteiger partial charge in [0.2, 0.25) is 0 Å². The van der Waals surface area contributed by atoms with Crippen molar-refractivity contribution in [2.24, 2.45) is 0 Å². The van der Waals surface area contributed by atoms with Crippen LogP contribution in [-0.2, 0) is 6.54 Å². The zero-order valence-corrected chi connectivity index (χ0v) is 22.3. The summed E-state index contributed by atoms with van der Waals surface area (Å²) in [6.07, 6.45) is 1.71. The molecule has 188 valence electrons. The van der Waals surface area contributed by atoms with Crippen LogP contribution in [0.15, 0.2) is 53.5 Å². The van der Waals surface area contributed by atoms with Crippen LogP contribution in [0, 0.1) is 0 Å². The zero-order valence-electron chi connectivity index (χ0n) is 20.8. The van der Waals surface area contributed by atoms with Crippen molar-refractivity contribution in [2.75, 3.05) is 12.0 Å². The van der Waals surface area contributed by atoms with Gasteiger partial charge in [0, 0.05) is 29.4 Å². The highest BCUT2D eigenvalue weighted by Gasteiger charge is 2.49. The molecule has 0 saturated carbocycles. The van der Waals surface area contributed by atoms with E-state index in [1.165, 1.54) is 4.57 Å². The van der Waals surface area contributed by atoms with Crippen LogP contribution < -0.4 is 15.2 Å². The van der Waals surface area contributed by atoms with Crippen molar-refractivity contribution >= 4 is 34.8 Å². The average molecular weight is 535 g/mol. The third-order valence-corrected chi connectivity index (χ3v) is 7.72. The lowest BCUT2D eigenvalue weighted by Crippen LogP contribution is -2.35. The number of anilines is 1. The normalized spacial score (nSPS) is 15.5. The number of aryl methyl sites for hydroxylation is 1. The fraction of sp³-hybridized carbons (Fsp3) is 0.250. The molecule has 1 amide bonds. The minimum atomic E-state index is -0.459. The van der Waals surface area contributed by atoms with Crippen LogP contribution >= 0.6 is 23.2 Å². The maximum atomic E-state index is 14.1. The fourth-order valence-corrected chi connectivity index (χ4v) is 6.05. The lowest BCUT2D eigenvalue weighted by Gasteiger charge is -2.36. The summed E-state index contributed by atoms with van der Waals surface area (Å²) < 4.78 is 9.25. The minimum Gasteiger partial charge on any atom is -0.496 e. The number of carbonyl (C=O) groups excluding carboxylic acids is 1. The lowest BCUT2D eigenvalue weighted by molar-refractivity contribution is 0.0989. The smallest absolute Gasteiger partial charge is 0.279 e. The SMILES string of the molecule is CCn1cc2c(c(Cl)c1=O)-c1cc(Cl)ccc1C1c3c(nc(-c4ccccc4OC)n3C(C)C)C(=O)N21. The molecule has 2 aliphatic rings. The average Bonchev–Trinajstić information content (AvgIpc) is 3.41. The maximum Gasteiger partial charge on any atom is 0.279 e. The van der Waals surface area contributed by atoms with Gasteiger partial charge in [0.25, 0.3) is 11.5 Å². The first-order chi connectivity index (χ1) is 17.8. The monoisotopic (exact) mass is 534 g/mol. The van der Waals surface area contributed by atoms with E-state index in [4.69, 9.17) is 32.9 Å². The molecule has 1 atom stereocenters. The van der Waals surface area contributed by atoms with Gasteiger partial charge in [-0.25, -0.2) is 4.98 Å². The van der Waals surface area contributed by atoms with Crippen LogP contribution in [0.1, 0.15) is 54.6 Å². The van der Waals surface area contributed by atoms with E-state index in [0.717, 1.165) is 22.4 Å². The second-order valence-electron chi connectivity index (χ2n) is 9.44. The quantitative estimate of drug-likeness (QED) is 0.305. The van der Waals surface area contributed by atoms with Gasteiger partial charge in [0.05, 0.1) is 24.1 Å². The molecule has 6 rings (SSSR count). The Morgan fingerprint density at radius 3 is 2.54 bits per heavy atom. The fourth-order valence-electron chi connectivity index (χ4n) is 5.57. The molecule has 2 aromatic carbocycles. The van der Waals surface area contributed by atoms with Crippen molar-refractivity contribution in [1.82, 2.24) is 14.1 Å². The number of nitrogens with zero attached hydrogens (tertiary/aromatic N) is 4. The Kier molecular flexibility index (Phi) is 5.47. The number of methoxy groups -OCH3 is 1. The van der Waals surface area contributed by atoms with E-state index in [-0.39, 0.29) is 22.5 Å². The van der Waals surface area contributed by atoms with Gasteiger partial charge in [-0.1, -0.05) is 41.4 Å². The van der Waals surface area contributed by atoms with Crippen molar-refractivity contribution in [1.29, 1.82) is 0 Å². The number of pyridine rings is 1. The van der Waals surface area contributed by atoms with E-state index in [2.05, 4.69) is 18.4 Å². The number of para-hydroxylation sites is 1. The van der Waals surface area contributed by atoms with Gasteiger partial charge in [0.1, 0.15) is 22.6 Å². The third-order valence-electron chi connectivity index (χ3n) is 7.13. The molecule has 9 heteroatoms. The Labute approximate surface area is 223 Å². The molecule has 0 bridgehead atoms. The third kappa shape index (κ3) is 3.23. The maximum absolute atomic E-state index is 14.1. The van der Waals surface area contributed by atoms with Crippen molar-refractivity contribution in [2.45, 2.75) is 39.4 Å². The Bertz CT molecular complexity index is 1670. The summed E-state index contributed by atoms with van der Waals surface area (Å²) in [4.78, 5) is 33.7. The number of rotatable bonds is 4. The molecule has 0 saturated heterocycles. The summed E-state index contributed by atoms with van der Waals surface area (Å²) in [5, 5.41) is 0.589. The van der Waals surface area contributed by atoms with Gasteiger partial charge in [-0.3, -0.25) is 14.5 Å². The number of hydrogen-bond acceptors (Lipinski definition) is 4. The van der Waals surface area contributed by atoms with Gasteiger partial charge in [-0.2, -0.15) is 0 Å². The highest BCUT2D eigenvalue weighted by Crippen LogP contribution is 2.54. The second-order valence-corrected chi connectivity index (χ2v) is 10.3. The van der Waals surface area contributed by atoms with E-state index in [1.807, 2.05) is 43.3 Å². The molecule has 0 fully saturated rings. The zero-order chi connectivity index (χ0) is 26.2. The van der Waals surface area contributed by atoms with Crippen molar-refractivity contribution in [3.05, 3.63) is 86.0 Å². The van der Waals surface area contributed by atoms with E-state index in [9.17, 15) is 9.59 Å². The Hall–Kier alpha value is -3.55. The Balaban J connectivity index is 1.69. The molecule has 1 unspecified atom stereocenters. The first kappa shape index (κ1) is 23.8. The Morgan fingerprint density at radius 2 is 1.84 bits per heavy atom. The highest BCUT2D eigenvalue weighted by molar-refractivity contribution is 6.35. The van der Waals surface area contributed by atoms with Crippen molar-refractivity contribution in [3.8, 4) is 28.3 Å². The standard InChI is InChI=1S/C28H24Cl2N4O3/c1-5-32-13-19-21(22(30)27(32)35)18-12-15(29)10-11-16(18)24-25-23(28(36)34(19)24)31-26(33(25)14(2)3)17-8-6-7-9-20(17)37-4/h6-14,24H,5H2,1-4H3. The van der Waals surface area contributed by atoms with E-state index < -0.39 is 6.04 Å². The predicted octanol–water partition coefficient (Wildman–Crippen LogP) is 6.36. The number of benzene rings is 2. The molecule has 37 heavy (non-hydrogen) atoms. The second kappa shape index (κ2) is 8.50. The summed E-state index contributed by atoms with van der Waals surface area (Å²) in [5.74, 6) is 1.11. The van der Waals surface area contributed by atoms with Gasteiger partial charge < -0.3 is 13.9 Å². The van der Waals surface area contributed by atoms with Crippen LogP contribution in [-0.4, -0.2) is 27.1 Å². The first-order valence-corrected chi connectivity index (χ1v) is 12.9. The minimum absolute atomic E-state index is 0.00533. The molecule has 2 aromatic heterocycles. The molecule has 4 heterocycles. The van der Waals surface area contributed by atoms with Crippen LogP contribution in [0.2, 0.25) is 10.0 Å². The number of ether oxygens (including phenoxy) is 1. The summed E-state index contributed by atoms with van der Waals surface area (Å²) in [5.41, 5.74) is 4.34. The number of fused-ring (bicyclic) bond motifs is 8. The lowest BCUT2D eigenvalue weighted by atomic mass is 9.88. The number of carbonyl (C=O) groups is 1. The molecule has 0 spiro atoms. The number of amides is 1. The number of halogens is 2. The largest absolute Gasteiger partial charge is 0.496 e. The van der Waals surface area contributed by atoms with Crippen LogP contribution in [0.4, 0.5) is 5.69 Å². The van der Waals surface area contributed by atoms with Crippen LogP contribution in [0.3, 0.4) is 0 Å². The number of imidazole rings is 1. The molecule has 2 aliphatic heterocycles. The van der Waals surface area contributed by atoms with E-state index >= 15 is 0 Å². The van der Waals surface area contributed by atoms with E-state index in [1.54, 1.807) is 24.3 Å². The molecular formula is C28H24Cl2N4O3.